The smallest absolute Gasteiger partial charge is 0.200 e. The third kappa shape index (κ3) is 6.93. The van der Waals surface area contributed by atoms with Gasteiger partial charge in [0.05, 0.1) is 37.9 Å². The summed E-state index contributed by atoms with van der Waals surface area (Å²) >= 11 is 0. The van der Waals surface area contributed by atoms with Crippen LogP contribution < -0.4 is 16.4 Å². The maximum absolute atomic E-state index is 18.0. The van der Waals surface area contributed by atoms with Crippen LogP contribution in [0.3, 0.4) is 0 Å². The van der Waals surface area contributed by atoms with Gasteiger partial charge in [-0.3, -0.25) is 5.82 Å². The Morgan fingerprint density at radius 2 is 0.289 bits per heavy atom. The van der Waals surface area contributed by atoms with Crippen molar-refractivity contribution in [2.75, 3.05) is 0 Å². The van der Waals surface area contributed by atoms with Crippen LogP contribution in [0.5, 0.6) is 0 Å². The topological polar surface area (TPSA) is 0 Å². The lowest BCUT2D eigenvalue weighted by molar-refractivity contribution is 0.376. The van der Waals surface area contributed by atoms with Gasteiger partial charge >= 0.3 is 0 Å². The third-order valence-electron chi connectivity index (χ3n) is 13.5. The number of fused-ring (bicyclic) bond motifs is 9. The van der Waals surface area contributed by atoms with Crippen LogP contribution in [0, 0.1) is 198 Å². The molecule has 0 aromatic heterocycles. The Labute approximate surface area is 430 Å². The molecule has 0 atom stereocenters. The molecule has 33 heteroatoms. The molecule has 0 aliphatic heterocycles. The Morgan fingerprint density at radius 1 is 0.145 bits per heavy atom. The van der Waals surface area contributed by atoms with Crippen molar-refractivity contribution in [2.45, 2.75) is 0 Å². The van der Waals surface area contributed by atoms with E-state index in [4.69, 9.17) is 0 Å². The number of hydrogen-bond acceptors (Lipinski definition) is 0. The molecule has 0 spiro atoms. The summed E-state index contributed by atoms with van der Waals surface area (Å²) in [5.74, 6) is -114. The average Bonchev–Trinajstić information content (AvgIpc) is 3.11. The van der Waals surface area contributed by atoms with Crippen LogP contribution in [0.1, 0.15) is 5.56 Å². The molecule has 0 saturated carbocycles. The Bertz CT molecular complexity index is 4440. The van der Waals surface area contributed by atoms with Crippen molar-refractivity contribution in [2.24, 2.45) is 0 Å². The van der Waals surface area contributed by atoms with Gasteiger partial charge in [-0.15, -0.1) is 22.3 Å². The van der Waals surface area contributed by atoms with E-state index in [0.717, 1.165) is 0 Å². The number of benzene rings is 10. The SMILES string of the molecule is Fc1c(F)c(F)c(C#C[B-](c2c(F)c(F)c(F)c3c(F)c(F)c4c(F)c(F)c(F)c(F)c4c23)(c2c(F)c(F)c(F)c3c(F)c(F)c4c(F)c(F)c(F)c(F)c4c23)c2c(F)c(F)c(F)c3c(F)c(F)c4c(F)c(F)c(F)c(F)c4c23)c(F)c1F. The van der Waals surface area contributed by atoms with Gasteiger partial charge in [0, 0.05) is 16.2 Å². The van der Waals surface area contributed by atoms with Gasteiger partial charge in [-0.1, -0.05) is 0 Å². The third-order valence-corrected chi connectivity index (χ3v) is 13.5. The second-order valence-electron chi connectivity index (χ2n) is 17.3. The largest absolute Gasteiger partial charge is 0.291 e. The second kappa shape index (κ2) is 18.6. The van der Waals surface area contributed by atoms with Gasteiger partial charge < -0.3 is 0 Å². The molecule has 0 amide bonds. The number of hydrogen-bond donors (Lipinski definition) is 0. The minimum absolute atomic E-state index is 0.490. The molecule has 10 aromatic rings. The molecule has 0 unspecified atom stereocenters. The first kappa shape index (κ1) is 57.4. The lowest BCUT2D eigenvalue weighted by Crippen LogP contribution is -2.70. The summed E-state index contributed by atoms with van der Waals surface area (Å²) in [6, 6.07) is 0. The van der Waals surface area contributed by atoms with E-state index in [9.17, 15) is 4.39 Å². The van der Waals surface area contributed by atoms with Crippen molar-refractivity contribution >= 4 is 87.2 Å². The highest BCUT2D eigenvalue weighted by molar-refractivity contribution is 7.20. The highest BCUT2D eigenvalue weighted by Gasteiger charge is 2.48. The Kier molecular flexibility index (Phi) is 12.8. The normalized spacial score (nSPS) is 12.2. The molecular weight excluding hydrogens is 1220 g/mol. The first-order valence-electron chi connectivity index (χ1n) is 21.2. The summed E-state index contributed by atoms with van der Waals surface area (Å²) in [5.41, 5.74) is -14.4. The molecule has 0 aliphatic carbocycles. The van der Waals surface area contributed by atoms with Gasteiger partial charge in [-0.2, -0.15) is 0 Å². The van der Waals surface area contributed by atoms with Crippen molar-refractivity contribution in [3.05, 3.63) is 192 Å². The van der Waals surface area contributed by atoms with E-state index in [1.165, 1.54) is 0 Å². The summed E-state index contributed by atoms with van der Waals surface area (Å²) in [7, 11) is 0. The van der Waals surface area contributed by atoms with Crippen LogP contribution >= 0.6 is 0 Å². The summed E-state index contributed by atoms with van der Waals surface area (Å²) < 4.78 is 517. The highest BCUT2D eigenvalue weighted by atomic mass is 19.2. The lowest BCUT2D eigenvalue weighted by Gasteiger charge is -2.42. The molecule has 83 heavy (non-hydrogen) atoms. The monoisotopic (exact) mass is 1220 g/mol. The second-order valence-corrected chi connectivity index (χ2v) is 17.3. The van der Waals surface area contributed by atoms with E-state index < -0.39 is 279 Å². The quantitative estimate of drug-likeness (QED) is 0.0413. The van der Waals surface area contributed by atoms with Crippen molar-refractivity contribution in [1.29, 1.82) is 0 Å². The van der Waals surface area contributed by atoms with Gasteiger partial charge in [0.15, 0.2) is 169 Å². The van der Waals surface area contributed by atoms with Crippen LogP contribution in [0.4, 0.5) is 140 Å². The lowest BCUT2D eigenvalue weighted by atomic mass is 9.14. The molecule has 10 rings (SSSR count). The van der Waals surface area contributed by atoms with Gasteiger partial charge in [-0.05, 0) is 16.2 Å². The van der Waals surface area contributed by atoms with Gasteiger partial charge in [0.25, 0.3) is 0 Å². The van der Waals surface area contributed by atoms with Crippen LogP contribution in [0.25, 0.3) is 64.6 Å². The zero-order valence-corrected chi connectivity index (χ0v) is 37.7. The maximum Gasteiger partial charge on any atom is 0.200 e. The molecule has 0 heterocycles. The summed E-state index contributed by atoms with van der Waals surface area (Å²) in [5, 5.41) is -38.6. The molecule has 10 aromatic carbocycles. The van der Waals surface area contributed by atoms with Gasteiger partial charge in [0.1, 0.15) is 17.5 Å². The molecule has 0 fully saturated rings. The minimum atomic E-state index is -7.83. The van der Waals surface area contributed by atoms with Crippen LogP contribution in [0.15, 0.2) is 0 Å². The van der Waals surface area contributed by atoms with Crippen LogP contribution in [-0.2, 0) is 0 Å². The average molecular weight is 1220 g/mol. The zero-order valence-electron chi connectivity index (χ0n) is 37.7. The standard InChI is InChI=1S/C50BF32/c52-19-3(20(53)40(73)50(83)39(19)72)1-2-51(16-4-7-13(33(66)47(80)44(77)21(7)54)27(60)24(57)10(4)30(63)41(74)36(16)69,17-5-8-14(34(67)48(81)45(78)22(8)55)28(61)25(58)11(5)31(64)42(75)37(17)70)18-6-9-15(35(68)49(82)46(79)23(9)56)29(62)26(59)12(6)32(65)43(76)38(18)71/q-1. The van der Waals surface area contributed by atoms with Crippen molar-refractivity contribution in [3.63, 3.8) is 0 Å². The minimum Gasteiger partial charge on any atom is -0.291 e. The number of halogens is 32. The molecule has 0 bridgehead atoms. The van der Waals surface area contributed by atoms with E-state index in [0.29, 0.717) is 11.7 Å². The predicted octanol–water partition coefficient (Wildman–Crippen LogP) is 15.1. The first-order valence-corrected chi connectivity index (χ1v) is 21.2. The molecule has 0 radical (unpaired) electrons. The molecule has 0 saturated heterocycles. The fraction of sp³-hybridized carbons (Fsp3) is 0. The Hall–Kier alpha value is -8.86. The van der Waals surface area contributed by atoms with Crippen molar-refractivity contribution in [3.8, 4) is 11.7 Å². The highest BCUT2D eigenvalue weighted by Crippen LogP contribution is 2.46. The maximum atomic E-state index is 18.0. The van der Waals surface area contributed by atoms with E-state index in [1.807, 2.05) is 0 Å². The molecule has 0 nitrogen and oxygen atoms in total. The Balaban J connectivity index is 1.81. The van der Waals surface area contributed by atoms with Gasteiger partial charge in [-0.25, -0.2) is 140 Å². The van der Waals surface area contributed by atoms with E-state index >= 15 is 136 Å². The summed E-state index contributed by atoms with van der Waals surface area (Å²) in [6.45, 7) is 0. The van der Waals surface area contributed by atoms with Crippen molar-refractivity contribution in [1.82, 2.24) is 0 Å². The van der Waals surface area contributed by atoms with Crippen molar-refractivity contribution < 1.29 is 140 Å². The van der Waals surface area contributed by atoms with Crippen LogP contribution in [0.2, 0.25) is 0 Å². The molecular formula is C50BF32-. The van der Waals surface area contributed by atoms with E-state index in [1.54, 1.807) is 0 Å². The summed E-state index contributed by atoms with van der Waals surface area (Å²) in [6.07, 6.45) is -7.83. The van der Waals surface area contributed by atoms with E-state index in [-0.39, 0.29) is 0 Å². The zero-order chi connectivity index (χ0) is 61.6. The molecule has 0 N–H and O–H groups in total. The Morgan fingerprint density at radius 3 is 0.506 bits per heavy atom. The fourth-order valence-corrected chi connectivity index (χ4v) is 10.1. The van der Waals surface area contributed by atoms with Gasteiger partial charge in [0.2, 0.25) is 5.82 Å². The fourth-order valence-electron chi connectivity index (χ4n) is 10.1. The predicted molar refractivity (Wildman–Crippen MR) is 221 cm³/mol. The van der Waals surface area contributed by atoms with E-state index in [2.05, 4.69) is 0 Å². The molecule has 428 valence electrons. The summed E-state index contributed by atoms with van der Waals surface area (Å²) in [4.78, 5) is 0. The first-order chi connectivity index (χ1) is 38.6. The molecule has 0 aliphatic rings. The number of rotatable bonds is 3. The van der Waals surface area contributed by atoms with Crippen LogP contribution in [-0.4, -0.2) is 6.15 Å².